The van der Waals surface area contributed by atoms with Gasteiger partial charge in [0.1, 0.15) is 0 Å². The SMILES string of the molecule is CCc1ccc(N=C2NC(=O)/C(=C/c3cc(C)n(-c4ccc(C(=O)O)cc4C)c3C)S2)cc1. The summed E-state index contributed by atoms with van der Waals surface area (Å²) in [5.41, 5.74) is 6.99. The number of hydrogen-bond donors (Lipinski definition) is 2. The number of carbonyl (C=O) groups is 2. The van der Waals surface area contributed by atoms with E-state index < -0.39 is 5.97 Å². The lowest BCUT2D eigenvalue weighted by Gasteiger charge is -2.13. The number of amides is 1. The molecular weight excluding hydrogens is 434 g/mol. The van der Waals surface area contributed by atoms with E-state index in [-0.39, 0.29) is 11.5 Å². The van der Waals surface area contributed by atoms with Gasteiger partial charge in [0.05, 0.1) is 16.2 Å². The van der Waals surface area contributed by atoms with E-state index in [1.165, 1.54) is 17.3 Å². The van der Waals surface area contributed by atoms with Crippen LogP contribution in [0.3, 0.4) is 0 Å². The molecule has 1 amide bonds. The van der Waals surface area contributed by atoms with E-state index in [4.69, 9.17) is 0 Å². The van der Waals surface area contributed by atoms with E-state index in [9.17, 15) is 14.7 Å². The molecule has 2 heterocycles. The summed E-state index contributed by atoms with van der Waals surface area (Å²) in [5.74, 6) is -1.12. The quantitative estimate of drug-likeness (QED) is 0.490. The second-order valence-corrected chi connectivity index (χ2v) is 9.00. The van der Waals surface area contributed by atoms with E-state index in [1.54, 1.807) is 12.1 Å². The normalized spacial score (nSPS) is 15.9. The molecule has 0 radical (unpaired) electrons. The summed E-state index contributed by atoms with van der Waals surface area (Å²) in [4.78, 5) is 29.0. The standard InChI is InChI=1S/C26H25N3O3S/c1-5-18-6-9-21(10-7-18)27-26-28-24(30)23(33-26)14-20-13-16(3)29(17(20)4)22-11-8-19(25(31)32)12-15(22)2/h6-14H,5H2,1-4H3,(H,31,32)(H,27,28,30)/b23-14-. The lowest BCUT2D eigenvalue weighted by molar-refractivity contribution is -0.115. The third kappa shape index (κ3) is 4.64. The first kappa shape index (κ1) is 22.6. The third-order valence-corrected chi connectivity index (χ3v) is 6.58. The molecule has 168 valence electrons. The predicted octanol–water partition coefficient (Wildman–Crippen LogP) is 5.55. The molecule has 6 nitrogen and oxygen atoms in total. The molecule has 33 heavy (non-hydrogen) atoms. The summed E-state index contributed by atoms with van der Waals surface area (Å²) in [6.07, 6.45) is 2.85. The second kappa shape index (κ2) is 9.11. The van der Waals surface area contributed by atoms with Gasteiger partial charge in [-0.25, -0.2) is 9.79 Å². The van der Waals surface area contributed by atoms with Crippen molar-refractivity contribution in [3.05, 3.63) is 87.1 Å². The minimum atomic E-state index is -0.945. The number of nitrogens with one attached hydrogen (secondary N) is 1. The average molecular weight is 460 g/mol. The molecule has 1 saturated heterocycles. The molecule has 1 aliphatic heterocycles. The Balaban J connectivity index is 1.63. The summed E-state index contributed by atoms with van der Waals surface area (Å²) in [6, 6.07) is 15.1. The molecule has 1 fully saturated rings. The zero-order valence-corrected chi connectivity index (χ0v) is 19.8. The van der Waals surface area contributed by atoms with Crippen LogP contribution in [0, 0.1) is 20.8 Å². The fourth-order valence-corrected chi connectivity index (χ4v) is 4.72. The van der Waals surface area contributed by atoms with Gasteiger partial charge in [-0.05, 0) is 98.1 Å². The van der Waals surface area contributed by atoms with Crippen molar-refractivity contribution in [3.8, 4) is 5.69 Å². The smallest absolute Gasteiger partial charge is 0.335 e. The largest absolute Gasteiger partial charge is 0.478 e. The number of aromatic nitrogens is 1. The summed E-state index contributed by atoms with van der Waals surface area (Å²) in [7, 11) is 0. The van der Waals surface area contributed by atoms with Gasteiger partial charge in [-0.2, -0.15) is 0 Å². The molecule has 2 aromatic carbocycles. The van der Waals surface area contributed by atoms with Crippen molar-refractivity contribution < 1.29 is 14.7 Å². The number of aliphatic imine (C=N–C) groups is 1. The van der Waals surface area contributed by atoms with E-state index in [2.05, 4.69) is 21.8 Å². The van der Waals surface area contributed by atoms with Gasteiger partial charge in [-0.15, -0.1) is 0 Å². The van der Waals surface area contributed by atoms with Crippen LogP contribution in [0.1, 0.15) is 45.4 Å². The zero-order valence-electron chi connectivity index (χ0n) is 19.0. The van der Waals surface area contributed by atoms with Crippen molar-refractivity contribution in [2.75, 3.05) is 0 Å². The van der Waals surface area contributed by atoms with Gasteiger partial charge in [0, 0.05) is 17.1 Å². The Hall–Kier alpha value is -3.58. The molecule has 0 spiro atoms. The summed E-state index contributed by atoms with van der Waals surface area (Å²) < 4.78 is 2.08. The Bertz CT molecular complexity index is 1320. The minimum absolute atomic E-state index is 0.171. The molecule has 0 atom stereocenters. The summed E-state index contributed by atoms with van der Waals surface area (Å²) in [6.45, 7) is 7.99. The first-order chi connectivity index (χ1) is 15.8. The number of benzene rings is 2. The molecule has 3 aromatic rings. The van der Waals surface area contributed by atoms with Crippen molar-refractivity contribution >= 4 is 40.6 Å². The Kier molecular flexibility index (Phi) is 6.24. The Morgan fingerprint density at radius 2 is 1.85 bits per heavy atom. The van der Waals surface area contributed by atoms with Gasteiger partial charge in [0.25, 0.3) is 5.91 Å². The highest BCUT2D eigenvalue weighted by molar-refractivity contribution is 8.18. The predicted molar refractivity (Wildman–Crippen MR) is 134 cm³/mol. The van der Waals surface area contributed by atoms with Gasteiger partial charge in [-0.1, -0.05) is 19.1 Å². The van der Waals surface area contributed by atoms with Gasteiger partial charge >= 0.3 is 5.97 Å². The highest BCUT2D eigenvalue weighted by Crippen LogP contribution is 2.31. The fraction of sp³-hybridized carbons (Fsp3) is 0.192. The Labute approximate surface area is 197 Å². The van der Waals surface area contributed by atoms with Gasteiger partial charge < -0.3 is 15.0 Å². The van der Waals surface area contributed by atoms with Gasteiger partial charge in [0.2, 0.25) is 0 Å². The second-order valence-electron chi connectivity index (χ2n) is 7.97. The highest BCUT2D eigenvalue weighted by Gasteiger charge is 2.25. The lowest BCUT2D eigenvalue weighted by atomic mass is 10.1. The molecule has 0 aliphatic carbocycles. The topological polar surface area (TPSA) is 83.7 Å². The van der Waals surface area contributed by atoms with Crippen LogP contribution in [-0.2, 0) is 11.2 Å². The van der Waals surface area contributed by atoms with E-state index >= 15 is 0 Å². The number of carboxylic acid groups (broad SMARTS) is 1. The van der Waals surface area contributed by atoms with Crippen molar-refractivity contribution in [1.82, 2.24) is 9.88 Å². The average Bonchev–Trinajstić information content (AvgIpc) is 3.26. The molecule has 2 N–H and O–H groups in total. The fourth-order valence-electron chi connectivity index (χ4n) is 3.89. The van der Waals surface area contributed by atoms with Crippen LogP contribution < -0.4 is 5.32 Å². The first-order valence-corrected chi connectivity index (χ1v) is 11.5. The number of carboxylic acids is 1. The lowest BCUT2D eigenvalue weighted by Crippen LogP contribution is -2.19. The molecule has 0 bridgehead atoms. The Morgan fingerprint density at radius 1 is 1.12 bits per heavy atom. The summed E-state index contributed by atoms with van der Waals surface area (Å²) >= 11 is 1.32. The minimum Gasteiger partial charge on any atom is -0.478 e. The van der Waals surface area contributed by atoms with Crippen LogP contribution in [0.2, 0.25) is 0 Å². The number of amidine groups is 1. The highest BCUT2D eigenvalue weighted by atomic mass is 32.2. The maximum atomic E-state index is 12.6. The van der Waals surface area contributed by atoms with Crippen LogP contribution in [0.5, 0.6) is 0 Å². The van der Waals surface area contributed by atoms with Crippen molar-refractivity contribution in [2.45, 2.75) is 34.1 Å². The Morgan fingerprint density at radius 3 is 2.48 bits per heavy atom. The monoisotopic (exact) mass is 459 g/mol. The number of nitrogens with zero attached hydrogens (tertiary/aromatic N) is 2. The number of rotatable bonds is 5. The van der Waals surface area contributed by atoms with E-state index in [0.717, 1.165) is 40.3 Å². The maximum Gasteiger partial charge on any atom is 0.335 e. The molecule has 1 aromatic heterocycles. The van der Waals surface area contributed by atoms with Crippen LogP contribution in [0.15, 0.2) is 58.4 Å². The first-order valence-electron chi connectivity index (χ1n) is 10.7. The number of hydrogen-bond acceptors (Lipinski definition) is 4. The van der Waals surface area contributed by atoms with E-state index in [1.807, 2.05) is 63.2 Å². The van der Waals surface area contributed by atoms with Gasteiger partial charge in [-0.3, -0.25) is 4.79 Å². The van der Waals surface area contributed by atoms with Crippen LogP contribution in [-0.4, -0.2) is 26.7 Å². The van der Waals surface area contributed by atoms with Crippen molar-refractivity contribution in [3.63, 3.8) is 0 Å². The number of carbonyl (C=O) groups excluding carboxylic acids is 1. The third-order valence-electron chi connectivity index (χ3n) is 5.67. The molecule has 0 unspecified atom stereocenters. The van der Waals surface area contributed by atoms with Crippen LogP contribution in [0.25, 0.3) is 11.8 Å². The van der Waals surface area contributed by atoms with Crippen LogP contribution >= 0.6 is 11.8 Å². The summed E-state index contributed by atoms with van der Waals surface area (Å²) in [5, 5.41) is 12.6. The molecule has 7 heteroatoms. The molecule has 1 aliphatic rings. The van der Waals surface area contributed by atoms with Crippen LogP contribution in [0.4, 0.5) is 5.69 Å². The zero-order chi connectivity index (χ0) is 23.7. The molecule has 0 saturated carbocycles. The maximum absolute atomic E-state index is 12.6. The molecular formula is C26H25N3O3S. The van der Waals surface area contributed by atoms with E-state index in [0.29, 0.717) is 10.1 Å². The molecule has 4 rings (SSSR count). The number of aromatic carboxylic acids is 1. The number of aryl methyl sites for hydroxylation is 3. The van der Waals surface area contributed by atoms with Crippen molar-refractivity contribution in [1.29, 1.82) is 0 Å². The van der Waals surface area contributed by atoms with Crippen molar-refractivity contribution in [2.24, 2.45) is 4.99 Å². The van der Waals surface area contributed by atoms with Gasteiger partial charge in [0.15, 0.2) is 5.17 Å². The number of thioether (sulfide) groups is 1.